The molecule has 1 unspecified atom stereocenters. The van der Waals surface area contributed by atoms with Gasteiger partial charge in [0, 0.05) is 18.1 Å². The van der Waals surface area contributed by atoms with Gasteiger partial charge >= 0.3 is 11.8 Å². The molecule has 1 fully saturated rings. The Morgan fingerprint density at radius 3 is 2.75 bits per heavy atom. The molecular formula is C13H14Cl2N2O3. The van der Waals surface area contributed by atoms with Gasteiger partial charge in [0.15, 0.2) is 0 Å². The van der Waals surface area contributed by atoms with E-state index < -0.39 is 17.9 Å². The van der Waals surface area contributed by atoms with Gasteiger partial charge in [-0.2, -0.15) is 0 Å². The number of hydrogen-bond donors (Lipinski definition) is 2. The Kier molecular flexibility index (Phi) is 4.86. The zero-order valence-corrected chi connectivity index (χ0v) is 12.1. The standard InChI is InChI=1S/C13H14Cl2N2O3/c14-8-3-4-11(10(15)6-8)16-12(19)13(20)17-5-1-2-9(18)7-17/h3-4,6,9,18H,1-2,5,7H2,(H,16,19). The molecule has 0 radical (unpaired) electrons. The molecule has 2 rings (SSSR count). The summed E-state index contributed by atoms with van der Waals surface area (Å²) in [6, 6.07) is 4.58. The number of amides is 2. The highest BCUT2D eigenvalue weighted by Gasteiger charge is 2.27. The van der Waals surface area contributed by atoms with Crippen LogP contribution in [0.2, 0.25) is 10.0 Å². The van der Waals surface area contributed by atoms with Crippen LogP contribution < -0.4 is 5.32 Å². The number of benzene rings is 1. The summed E-state index contributed by atoms with van der Waals surface area (Å²) in [5.74, 6) is -1.45. The van der Waals surface area contributed by atoms with Crippen LogP contribution in [0.4, 0.5) is 5.69 Å². The zero-order valence-electron chi connectivity index (χ0n) is 10.6. The lowest BCUT2D eigenvalue weighted by Gasteiger charge is -2.29. The van der Waals surface area contributed by atoms with Gasteiger partial charge in [-0.15, -0.1) is 0 Å². The molecule has 108 valence electrons. The van der Waals surface area contributed by atoms with Crippen LogP contribution in [0.5, 0.6) is 0 Å². The molecule has 1 atom stereocenters. The van der Waals surface area contributed by atoms with Crippen LogP contribution in [0.1, 0.15) is 12.8 Å². The van der Waals surface area contributed by atoms with E-state index in [9.17, 15) is 14.7 Å². The molecule has 0 bridgehead atoms. The third-order valence-electron chi connectivity index (χ3n) is 3.06. The van der Waals surface area contributed by atoms with E-state index in [0.717, 1.165) is 0 Å². The highest BCUT2D eigenvalue weighted by Crippen LogP contribution is 2.25. The summed E-state index contributed by atoms with van der Waals surface area (Å²) in [5.41, 5.74) is 0.326. The second kappa shape index (κ2) is 6.43. The first-order chi connectivity index (χ1) is 9.47. The van der Waals surface area contributed by atoms with E-state index >= 15 is 0 Å². The monoisotopic (exact) mass is 316 g/mol. The summed E-state index contributed by atoms with van der Waals surface area (Å²) in [6.07, 6.45) is 0.760. The molecule has 0 aromatic heterocycles. The van der Waals surface area contributed by atoms with E-state index in [4.69, 9.17) is 23.2 Å². The van der Waals surface area contributed by atoms with Gasteiger partial charge in [-0.1, -0.05) is 23.2 Å². The van der Waals surface area contributed by atoms with Crippen molar-refractivity contribution < 1.29 is 14.7 Å². The molecular weight excluding hydrogens is 303 g/mol. The Labute approximate surface area is 126 Å². The van der Waals surface area contributed by atoms with Gasteiger partial charge in [-0.05, 0) is 31.0 Å². The van der Waals surface area contributed by atoms with E-state index in [0.29, 0.717) is 30.1 Å². The molecule has 1 aromatic rings. The second-order valence-electron chi connectivity index (χ2n) is 4.63. The summed E-state index contributed by atoms with van der Waals surface area (Å²) in [6.45, 7) is 0.651. The van der Waals surface area contributed by atoms with Crippen molar-refractivity contribution in [2.45, 2.75) is 18.9 Å². The minimum atomic E-state index is -0.775. The van der Waals surface area contributed by atoms with E-state index in [1.165, 1.54) is 17.0 Å². The lowest BCUT2D eigenvalue weighted by Crippen LogP contribution is -2.46. The van der Waals surface area contributed by atoms with E-state index in [2.05, 4.69) is 5.32 Å². The summed E-state index contributed by atoms with van der Waals surface area (Å²) < 4.78 is 0. The predicted octanol–water partition coefficient (Wildman–Crippen LogP) is 1.92. The molecule has 2 N–H and O–H groups in total. The van der Waals surface area contributed by atoms with Crippen LogP contribution >= 0.6 is 23.2 Å². The van der Waals surface area contributed by atoms with Gasteiger partial charge in [0.2, 0.25) is 0 Å². The first kappa shape index (κ1) is 15.1. The summed E-state index contributed by atoms with van der Waals surface area (Å²) in [4.78, 5) is 25.2. The Morgan fingerprint density at radius 1 is 1.35 bits per heavy atom. The molecule has 7 heteroatoms. The molecule has 2 amide bonds. The molecule has 0 spiro atoms. The smallest absolute Gasteiger partial charge is 0.313 e. The Bertz CT molecular complexity index is 536. The molecule has 5 nitrogen and oxygen atoms in total. The number of piperidine rings is 1. The zero-order chi connectivity index (χ0) is 14.7. The molecule has 0 saturated carbocycles. The van der Waals surface area contributed by atoms with Crippen molar-refractivity contribution in [3.05, 3.63) is 28.2 Å². The quantitative estimate of drug-likeness (QED) is 0.778. The minimum Gasteiger partial charge on any atom is -0.391 e. The van der Waals surface area contributed by atoms with Crippen LogP contribution in [0.3, 0.4) is 0 Å². The van der Waals surface area contributed by atoms with Crippen LogP contribution in [-0.4, -0.2) is 41.0 Å². The Hall–Kier alpha value is -1.30. The highest BCUT2D eigenvalue weighted by molar-refractivity contribution is 6.42. The first-order valence-electron chi connectivity index (χ1n) is 6.21. The minimum absolute atomic E-state index is 0.181. The third kappa shape index (κ3) is 3.62. The molecule has 0 aliphatic carbocycles. The fraction of sp³-hybridized carbons (Fsp3) is 0.385. The molecule has 1 aliphatic rings. The summed E-state index contributed by atoms with van der Waals surface area (Å²) >= 11 is 11.7. The number of anilines is 1. The van der Waals surface area contributed by atoms with Crippen LogP contribution in [-0.2, 0) is 9.59 Å². The van der Waals surface area contributed by atoms with Crippen molar-refractivity contribution in [3.8, 4) is 0 Å². The van der Waals surface area contributed by atoms with Gasteiger partial charge in [0.05, 0.1) is 16.8 Å². The molecule has 1 aliphatic heterocycles. The summed E-state index contributed by atoms with van der Waals surface area (Å²) in [7, 11) is 0. The average molecular weight is 317 g/mol. The first-order valence-corrected chi connectivity index (χ1v) is 6.96. The maximum absolute atomic E-state index is 12.0. The van der Waals surface area contributed by atoms with Crippen molar-refractivity contribution in [2.24, 2.45) is 0 Å². The molecule has 1 aromatic carbocycles. The van der Waals surface area contributed by atoms with Gasteiger partial charge in [-0.3, -0.25) is 9.59 Å². The number of aliphatic hydroxyl groups is 1. The number of halogens is 2. The second-order valence-corrected chi connectivity index (χ2v) is 5.47. The van der Waals surface area contributed by atoms with Crippen LogP contribution in [0, 0.1) is 0 Å². The number of hydrogen-bond acceptors (Lipinski definition) is 3. The number of nitrogens with one attached hydrogen (secondary N) is 1. The molecule has 1 saturated heterocycles. The van der Waals surface area contributed by atoms with Crippen molar-refractivity contribution in [1.82, 2.24) is 4.90 Å². The number of rotatable bonds is 1. The lowest BCUT2D eigenvalue weighted by molar-refractivity contribution is -0.145. The maximum atomic E-state index is 12.0. The van der Waals surface area contributed by atoms with E-state index in [-0.39, 0.29) is 11.6 Å². The van der Waals surface area contributed by atoms with Gasteiger partial charge in [-0.25, -0.2) is 0 Å². The van der Waals surface area contributed by atoms with Crippen LogP contribution in [0.15, 0.2) is 18.2 Å². The van der Waals surface area contributed by atoms with E-state index in [1.54, 1.807) is 6.07 Å². The van der Waals surface area contributed by atoms with Gasteiger partial charge < -0.3 is 15.3 Å². The van der Waals surface area contributed by atoms with Crippen molar-refractivity contribution in [2.75, 3.05) is 18.4 Å². The number of carbonyl (C=O) groups is 2. The normalized spacial score (nSPS) is 18.8. The van der Waals surface area contributed by atoms with Gasteiger partial charge in [0.1, 0.15) is 0 Å². The highest BCUT2D eigenvalue weighted by atomic mass is 35.5. The SMILES string of the molecule is O=C(Nc1ccc(Cl)cc1Cl)C(=O)N1CCCC(O)C1. The fourth-order valence-electron chi connectivity index (χ4n) is 2.05. The topological polar surface area (TPSA) is 69.6 Å². The van der Waals surface area contributed by atoms with Crippen molar-refractivity contribution >= 4 is 40.7 Å². The average Bonchev–Trinajstić information content (AvgIpc) is 2.41. The predicted molar refractivity (Wildman–Crippen MR) is 76.9 cm³/mol. The van der Waals surface area contributed by atoms with E-state index in [1.807, 2.05) is 0 Å². The molecule has 20 heavy (non-hydrogen) atoms. The molecule has 1 heterocycles. The Morgan fingerprint density at radius 2 is 2.10 bits per heavy atom. The summed E-state index contributed by atoms with van der Waals surface area (Å²) in [5, 5.41) is 12.7. The largest absolute Gasteiger partial charge is 0.391 e. The Balaban J connectivity index is 2.02. The van der Waals surface area contributed by atoms with Gasteiger partial charge in [0.25, 0.3) is 0 Å². The fourth-order valence-corrected chi connectivity index (χ4v) is 2.51. The maximum Gasteiger partial charge on any atom is 0.313 e. The number of aliphatic hydroxyl groups excluding tert-OH is 1. The third-order valence-corrected chi connectivity index (χ3v) is 3.61. The van der Waals surface area contributed by atoms with Crippen LogP contribution in [0.25, 0.3) is 0 Å². The number of carbonyl (C=O) groups excluding carboxylic acids is 2. The number of likely N-dealkylation sites (tertiary alicyclic amines) is 1. The lowest BCUT2D eigenvalue weighted by atomic mass is 10.1. The number of β-amino-alcohol motifs (C(OH)–C–C–N with tert-alkyl or cyclic N) is 1. The van der Waals surface area contributed by atoms with Crippen molar-refractivity contribution in [3.63, 3.8) is 0 Å². The number of nitrogens with zero attached hydrogens (tertiary/aromatic N) is 1. The van der Waals surface area contributed by atoms with Crippen molar-refractivity contribution in [1.29, 1.82) is 0 Å².